The largest absolute Gasteiger partial charge is 0.460 e. The van der Waals surface area contributed by atoms with Gasteiger partial charge in [0.2, 0.25) is 0 Å². The van der Waals surface area contributed by atoms with Crippen LogP contribution in [0.5, 0.6) is 0 Å². The monoisotopic (exact) mass is 341 g/mol. The van der Waals surface area contributed by atoms with Gasteiger partial charge in [0, 0.05) is 24.7 Å². The molecule has 1 aliphatic heterocycles. The van der Waals surface area contributed by atoms with Gasteiger partial charge in [-0.15, -0.1) is 0 Å². The van der Waals surface area contributed by atoms with Gasteiger partial charge in [0.15, 0.2) is 0 Å². The van der Waals surface area contributed by atoms with Gasteiger partial charge in [0.05, 0.1) is 6.54 Å². The molecule has 2 aromatic rings. The predicted molar refractivity (Wildman–Crippen MR) is 104 cm³/mol. The maximum absolute atomic E-state index is 6.01. The van der Waals surface area contributed by atoms with Crippen molar-refractivity contribution in [2.24, 2.45) is 0 Å². The van der Waals surface area contributed by atoms with Gasteiger partial charge >= 0.3 is 0 Å². The summed E-state index contributed by atoms with van der Waals surface area (Å²) in [7, 11) is 4.28. The minimum Gasteiger partial charge on any atom is -0.460 e. The van der Waals surface area contributed by atoms with E-state index >= 15 is 0 Å². The van der Waals surface area contributed by atoms with Crippen molar-refractivity contribution < 1.29 is 4.42 Å². The molecule has 25 heavy (non-hydrogen) atoms. The summed E-state index contributed by atoms with van der Waals surface area (Å²) in [5, 5.41) is 3.67. The van der Waals surface area contributed by atoms with Crippen LogP contribution in [0.3, 0.4) is 0 Å². The van der Waals surface area contributed by atoms with Crippen LogP contribution in [0.15, 0.2) is 40.8 Å². The summed E-state index contributed by atoms with van der Waals surface area (Å²) >= 11 is 0. The average Bonchev–Trinajstić information content (AvgIpc) is 3.08. The zero-order valence-corrected chi connectivity index (χ0v) is 15.8. The molecular formula is C21H31N3O. The molecule has 1 aromatic carbocycles. The highest BCUT2D eigenvalue weighted by atomic mass is 16.3. The molecule has 1 aromatic heterocycles. The third kappa shape index (κ3) is 5.43. The van der Waals surface area contributed by atoms with Crippen LogP contribution >= 0.6 is 0 Å². The molecule has 0 radical (unpaired) electrons. The van der Waals surface area contributed by atoms with Crippen LogP contribution in [0.2, 0.25) is 0 Å². The minimum atomic E-state index is 0.600. The summed E-state index contributed by atoms with van der Waals surface area (Å²) < 4.78 is 6.01. The van der Waals surface area contributed by atoms with Crippen molar-refractivity contribution in [3.05, 3.63) is 47.7 Å². The molecule has 4 nitrogen and oxygen atoms in total. The smallest absolute Gasteiger partial charge is 0.134 e. The van der Waals surface area contributed by atoms with E-state index in [4.69, 9.17) is 4.42 Å². The molecule has 0 bridgehead atoms. The fourth-order valence-corrected chi connectivity index (χ4v) is 3.29. The second-order valence-electron chi connectivity index (χ2n) is 7.43. The van der Waals surface area contributed by atoms with Crippen molar-refractivity contribution >= 4 is 0 Å². The standard InChI is InChI=1S/C21H31N3O/c1-17-4-6-18(7-5-17)21-9-8-20(25-21)16-22-19-10-12-24(13-11-19)15-14-23(2)3/h4-9,19,22H,10-16H2,1-3H3. The number of hydrogen-bond donors (Lipinski definition) is 1. The predicted octanol–water partition coefficient (Wildman–Crippen LogP) is 3.37. The zero-order chi connectivity index (χ0) is 17.6. The number of nitrogens with one attached hydrogen (secondary N) is 1. The first-order chi connectivity index (χ1) is 12.1. The van der Waals surface area contributed by atoms with E-state index in [9.17, 15) is 0 Å². The van der Waals surface area contributed by atoms with E-state index in [2.05, 4.69) is 72.5 Å². The lowest BCUT2D eigenvalue weighted by molar-refractivity contribution is 0.181. The van der Waals surface area contributed by atoms with Gasteiger partial charge in [-0.2, -0.15) is 0 Å². The number of piperidine rings is 1. The SMILES string of the molecule is Cc1ccc(-c2ccc(CNC3CCN(CCN(C)C)CC3)o2)cc1. The highest BCUT2D eigenvalue weighted by molar-refractivity contribution is 5.57. The molecule has 3 rings (SSSR count). The number of likely N-dealkylation sites (N-methyl/N-ethyl adjacent to an activating group) is 1. The Balaban J connectivity index is 1.43. The summed E-state index contributed by atoms with van der Waals surface area (Å²) in [4.78, 5) is 4.83. The molecule has 1 fully saturated rings. The summed E-state index contributed by atoms with van der Waals surface area (Å²) in [6.07, 6.45) is 2.44. The fourth-order valence-electron chi connectivity index (χ4n) is 3.29. The second-order valence-corrected chi connectivity index (χ2v) is 7.43. The number of hydrogen-bond acceptors (Lipinski definition) is 4. The van der Waals surface area contributed by atoms with E-state index < -0.39 is 0 Å². The Hall–Kier alpha value is -1.62. The van der Waals surface area contributed by atoms with Crippen LogP contribution in [0.4, 0.5) is 0 Å². The quantitative estimate of drug-likeness (QED) is 0.837. The van der Waals surface area contributed by atoms with Crippen molar-refractivity contribution in [3.8, 4) is 11.3 Å². The van der Waals surface area contributed by atoms with Gasteiger partial charge < -0.3 is 19.5 Å². The van der Waals surface area contributed by atoms with Crippen molar-refractivity contribution in [1.29, 1.82) is 0 Å². The van der Waals surface area contributed by atoms with Gasteiger partial charge in [-0.1, -0.05) is 29.8 Å². The molecule has 0 amide bonds. The van der Waals surface area contributed by atoms with Crippen LogP contribution in [0, 0.1) is 6.92 Å². The molecule has 136 valence electrons. The molecule has 0 atom stereocenters. The normalized spacial score (nSPS) is 16.6. The van der Waals surface area contributed by atoms with E-state index in [1.807, 2.05) is 0 Å². The molecule has 1 N–H and O–H groups in total. The van der Waals surface area contributed by atoms with E-state index in [0.29, 0.717) is 6.04 Å². The van der Waals surface area contributed by atoms with Gasteiger partial charge in [-0.25, -0.2) is 0 Å². The van der Waals surface area contributed by atoms with Gasteiger partial charge in [-0.3, -0.25) is 0 Å². The highest BCUT2D eigenvalue weighted by Gasteiger charge is 2.18. The Morgan fingerprint density at radius 2 is 1.80 bits per heavy atom. The van der Waals surface area contributed by atoms with E-state index in [-0.39, 0.29) is 0 Å². The average molecular weight is 341 g/mol. The first kappa shape index (κ1) is 18.2. The summed E-state index contributed by atoms with van der Waals surface area (Å²) in [5.41, 5.74) is 2.42. The number of aryl methyl sites for hydroxylation is 1. The second kappa shape index (κ2) is 8.65. The number of furan rings is 1. The van der Waals surface area contributed by atoms with E-state index in [1.165, 1.54) is 38.0 Å². The molecule has 1 saturated heterocycles. The summed E-state index contributed by atoms with van der Waals surface area (Å²) in [6.45, 7) is 7.63. The number of rotatable bonds is 7. The first-order valence-corrected chi connectivity index (χ1v) is 9.36. The third-order valence-electron chi connectivity index (χ3n) is 5.01. The Morgan fingerprint density at radius 1 is 1.08 bits per heavy atom. The van der Waals surface area contributed by atoms with Crippen molar-refractivity contribution in [1.82, 2.24) is 15.1 Å². The lowest BCUT2D eigenvalue weighted by atomic mass is 10.1. The molecule has 0 unspecified atom stereocenters. The van der Waals surface area contributed by atoms with Crippen LogP contribution in [0.1, 0.15) is 24.2 Å². The number of nitrogens with zero attached hydrogens (tertiary/aromatic N) is 2. The van der Waals surface area contributed by atoms with Gasteiger partial charge in [0.1, 0.15) is 11.5 Å². The van der Waals surface area contributed by atoms with Crippen LogP contribution < -0.4 is 5.32 Å². The number of benzene rings is 1. The Morgan fingerprint density at radius 3 is 2.48 bits per heavy atom. The maximum Gasteiger partial charge on any atom is 0.134 e. The lowest BCUT2D eigenvalue weighted by Crippen LogP contribution is -2.44. The van der Waals surface area contributed by atoms with E-state index in [1.54, 1.807) is 0 Å². The molecule has 0 aliphatic carbocycles. The number of likely N-dealkylation sites (tertiary alicyclic amines) is 1. The molecular weight excluding hydrogens is 310 g/mol. The summed E-state index contributed by atoms with van der Waals surface area (Å²) in [5.74, 6) is 1.97. The van der Waals surface area contributed by atoms with Crippen LogP contribution in [0.25, 0.3) is 11.3 Å². The maximum atomic E-state index is 6.01. The lowest BCUT2D eigenvalue weighted by Gasteiger charge is -2.32. The fraction of sp³-hybridized carbons (Fsp3) is 0.524. The topological polar surface area (TPSA) is 31.6 Å². The zero-order valence-electron chi connectivity index (χ0n) is 15.8. The van der Waals surface area contributed by atoms with Gasteiger partial charge in [0.25, 0.3) is 0 Å². The molecule has 2 heterocycles. The third-order valence-corrected chi connectivity index (χ3v) is 5.01. The van der Waals surface area contributed by atoms with Crippen LogP contribution in [-0.4, -0.2) is 56.1 Å². The van der Waals surface area contributed by atoms with Crippen LogP contribution in [-0.2, 0) is 6.54 Å². The van der Waals surface area contributed by atoms with Gasteiger partial charge in [-0.05, 0) is 59.1 Å². The highest BCUT2D eigenvalue weighted by Crippen LogP contribution is 2.22. The van der Waals surface area contributed by atoms with Crippen molar-refractivity contribution in [2.75, 3.05) is 40.3 Å². The summed E-state index contributed by atoms with van der Waals surface area (Å²) in [6, 6.07) is 13.3. The molecule has 4 heteroatoms. The Labute approximate surface area is 151 Å². The molecule has 1 aliphatic rings. The first-order valence-electron chi connectivity index (χ1n) is 9.36. The molecule has 0 saturated carbocycles. The van der Waals surface area contributed by atoms with E-state index in [0.717, 1.165) is 30.2 Å². The van der Waals surface area contributed by atoms with Crippen molar-refractivity contribution in [2.45, 2.75) is 32.4 Å². The van der Waals surface area contributed by atoms with Crippen molar-refractivity contribution in [3.63, 3.8) is 0 Å². The Bertz CT molecular complexity index is 639. The minimum absolute atomic E-state index is 0.600. The molecule has 0 spiro atoms. The Kier molecular flexibility index (Phi) is 6.29.